The molecule has 1 atom stereocenters. The van der Waals surface area contributed by atoms with Crippen molar-refractivity contribution in [3.8, 4) is 0 Å². The second-order valence-corrected chi connectivity index (χ2v) is 14.4. The van der Waals surface area contributed by atoms with Crippen LogP contribution in [-0.2, 0) is 32.6 Å². The van der Waals surface area contributed by atoms with E-state index < -0.39 is 28.5 Å². The van der Waals surface area contributed by atoms with Gasteiger partial charge < -0.3 is 10.2 Å². The Morgan fingerprint density at radius 2 is 1.43 bits per heavy atom. The molecule has 11 heteroatoms. The highest BCUT2D eigenvalue weighted by Crippen LogP contribution is 2.32. The topological polar surface area (TPSA) is 86.8 Å². The lowest BCUT2D eigenvalue weighted by Gasteiger charge is -2.34. The van der Waals surface area contributed by atoms with E-state index >= 15 is 0 Å². The molecular formula is C35H36Cl3N3O4S. The quantitative estimate of drug-likeness (QED) is 0.156. The molecule has 0 saturated heterocycles. The molecule has 46 heavy (non-hydrogen) atoms. The largest absolute Gasteiger partial charge is 0.354 e. The van der Waals surface area contributed by atoms with Gasteiger partial charge in [-0.25, -0.2) is 8.42 Å². The Kier molecular flexibility index (Phi) is 12.1. The van der Waals surface area contributed by atoms with Crippen molar-refractivity contribution >= 4 is 62.3 Å². The van der Waals surface area contributed by atoms with Gasteiger partial charge in [0.2, 0.25) is 11.8 Å². The van der Waals surface area contributed by atoms with Gasteiger partial charge in [0.15, 0.2) is 0 Å². The number of halogens is 3. The smallest absolute Gasteiger partial charge is 0.264 e. The average molecular weight is 701 g/mol. The Balaban J connectivity index is 1.84. The summed E-state index contributed by atoms with van der Waals surface area (Å²) in [6.07, 6.45) is 0.194. The van der Waals surface area contributed by atoms with Crippen LogP contribution in [-0.4, -0.2) is 44.3 Å². The molecule has 1 unspecified atom stereocenters. The summed E-state index contributed by atoms with van der Waals surface area (Å²) >= 11 is 19.0. The zero-order valence-electron chi connectivity index (χ0n) is 25.8. The van der Waals surface area contributed by atoms with E-state index in [1.54, 1.807) is 61.5 Å². The molecule has 242 valence electrons. The van der Waals surface area contributed by atoms with Gasteiger partial charge in [-0.2, -0.15) is 0 Å². The van der Waals surface area contributed by atoms with E-state index in [2.05, 4.69) is 5.32 Å². The number of amides is 2. The lowest BCUT2D eigenvalue weighted by Crippen LogP contribution is -2.53. The molecule has 0 aliphatic rings. The molecule has 4 aromatic rings. The summed E-state index contributed by atoms with van der Waals surface area (Å²) in [6.45, 7) is 5.42. The Hall–Kier alpha value is -3.56. The Morgan fingerprint density at radius 3 is 2.07 bits per heavy atom. The van der Waals surface area contributed by atoms with Crippen molar-refractivity contribution in [2.75, 3.05) is 17.4 Å². The van der Waals surface area contributed by atoms with Crippen molar-refractivity contribution in [3.05, 3.63) is 129 Å². The van der Waals surface area contributed by atoms with E-state index in [4.69, 9.17) is 34.8 Å². The van der Waals surface area contributed by atoms with Gasteiger partial charge in [-0.1, -0.05) is 109 Å². The van der Waals surface area contributed by atoms with E-state index in [0.717, 1.165) is 9.87 Å². The van der Waals surface area contributed by atoms with E-state index in [-0.39, 0.29) is 35.4 Å². The number of hydrogen-bond acceptors (Lipinski definition) is 4. The zero-order valence-corrected chi connectivity index (χ0v) is 28.9. The van der Waals surface area contributed by atoms with Crippen LogP contribution >= 0.6 is 34.8 Å². The molecule has 0 saturated carbocycles. The molecular weight excluding hydrogens is 665 g/mol. The number of carbonyl (C=O) groups excluding carboxylic acids is 2. The van der Waals surface area contributed by atoms with Crippen LogP contribution in [0.25, 0.3) is 0 Å². The van der Waals surface area contributed by atoms with E-state index in [9.17, 15) is 18.0 Å². The number of hydrogen-bond donors (Lipinski definition) is 1. The first-order valence-electron chi connectivity index (χ1n) is 14.8. The van der Waals surface area contributed by atoms with Gasteiger partial charge in [0.05, 0.1) is 20.6 Å². The number of carbonyl (C=O) groups is 2. The van der Waals surface area contributed by atoms with Gasteiger partial charge in [-0.15, -0.1) is 0 Å². The predicted octanol–water partition coefficient (Wildman–Crippen LogP) is 7.56. The Bertz CT molecular complexity index is 1770. The highest BCUT2D eigenvalue weighted by Gasteiger charge is 2.35. The maximum atomic E-state index is 14.6. The molecule has 1 N–H and O–H groups in total. The third-order valence-corrected chi connectivity index (χ3v) is 10.3. The Morgan fingerprint density at radius 1 is 0.783 bits per heavy atom. The van der Waals surface area contributed by atoms with Crippen molar-refractivity contribution in [1.29, 1.82) is 0 Å². The minimum absolute atomic E-state index is 0.00807. The van der Waals surface area contributed by atoms with Crippen LogP contribution in [0.4, 0.5) is 5.69 Å². The van der Waals surface area contributed by atoms with Gasteiger partial charge in [0.1, 0.15) is 12.6 Å². The van der Waals surface area contributed by atoms with Crippen LogP contribution in [0.5, 0.6) is 0 Å². The van der Waals surface area contributed by atoms with Crippen LogP contribution < -0.4 is 9.62 Å². The van der Waals surface area contributed by atoms with Crippen molar-refractivity contribution in [2.45, 2.75) is 44.7 Å². The van der Waals surface area contributed by atoms with Crippen LogP contribution in [0.3, 0.4) is 0 Å². The average Bonchev–Trinajstić information content (AvgIpc) is 3.04. The summed E-state index contributed by atoms with van der Waals surface area (Å²) in [5, 5.41) is 3.95. The fourth-order valence-electron chi connectivity index (χ4n) is 4.91. The van der Waals surface area contributed by atoms with Crippen molar-refractivity contribution in [1.82, 2.24) is 10.2 Å². The van der Waals surface area contributed by atoms with Crippen molar-refractivity contribution in [3.63, 3.8) is 0 Å². The van der Waals surface area contributed by atoms with E-state index in [0.29, 0.717) is 32.7 Å². The molecule has 4 rings (SSSR count). The summed E-state index contributed by atoms with van der Waals surface area (Å²) in [7, 11) is -4.25. The minimum atomic E-state index is -4.25. The third-order valence-electron chi connectivity index (χ3n) is 7.41. The van der Waals surface area contributed by atoms with Crippen LogP contribution in [0, 0.1) is 12.8 Å². The number of rotatable bonds is 13. The second-order valence-electron chi connectivity index (χ2n) is 11.3. The molecule has 7 nitrogen and oxygen atoms in total. The van der Waals surface area contributed by atoms with Crippen LogP contribution in [0.15, 0.2) is 102 Å². The van der Waals surface area contributed by atoms with Gasteiger partial charge in [-0.05, 0) is 65.9 Å². The lowest BCUT2D eigenvalue weighted by atomic mass is 10.0. The predicted molar refractivity (Wildman–Crippen MR) is 186 cm³/mol. The molecule has 4 aromatic carbocycles. The monoisotopic (exact) mass is 699 g/mol. The highest BCUT2D eigenvalue weighted by molar-refractivity contribution is 7.92. The molecule has 0 radical (unpaired) electrons. The van der Waals surface area contributed by atoms with Gasteiger partial charge >= 0.3 is 0 Å². The summed E-state index contributed by atoms with van der Waals surface area (Å²) in [4.78, 5) is 29.9. The van der Waals surface area contributed by atoms with E-state index in [1.165, 1.54) is 17.0 Å². The number of anilines is 1. The van der Waals surface area contributed by atoms with Gasteiger partial charge in [-0.3, -0.25) is 13.9 Å². The van der Waals surface area contributed by atoms with Gasteiger partial charge in [0.25, 0.3) is 10.0 Å². The molecule has 2 amide bonds. The van der Waals surface area contributed by atoms with Crippen molar-refractivity contribution in [2.24, 2.45) is 5.92 Å². The second kappa shape index (κ2) is 15.8. The summed E-state index contributed by atoms with van der Waals surface area (Å²) < 4.78 is 29.4. The van der Waals surface area contributed by atoms with Crippen molar-refractivity contribution < 1.29 is 18.0 Å². The molecule has 0 aliphatic carbocycles. The maximum absolute atomic E-state index is 14.6. The molecule has 0 fully saturated rings. The lowest BCUT2D eigenvalue weighted by molar-refractivity contribution is -0.140. The highest BCUT2D eigenvalue weighted by atomic mass is 35.5. The Labute approximate surface area is 286 Å². The number of nitrogens with one attached hydrogen (secondary N) is 1. The van der Waals surface area contributed by atoms with Gasteiger partial charge in [0, 0.05) is 24.5 Å². The standard InChI is InChI=1S/C35H36Cl3N3O4S/c1-24(2)21-39-35(43)33(20-26-11-6-4-7-12-26)40(22-27-17-18-30(37)31(38)19-27)34(42)23-41(32-16-10-15-29(36)25(32)3)46(44,45)28-13-8-5-9-14-28/h4-19,24,33H,20-23H2,1-3H3,(H,39,43). The number of sulfonamides is 1. The van der Waals surface area contributed by atoms with E-state index in [1.807, 2.05) is 44.2 Å². The number of nitrogens with zero attached hydrogens (tertiary/aromatic N) is 2. The fraction of sp³-hybridized carbons (Fsp3) is 0.257. The SMILES string of the molecule is Cc1c(Cl)cccc1N(CC(=O)N(Cc1ccc(Cl)c(Cl)c1)C(Cc1ccccc1)C(=O)NCC(C)C)S(=O)(=O)c1ccccc1. The fourth-order valence-corrected chi connectivity index (χ4v) is 6.89. The molecule has 0 aliphatic heterocycles. The molecule has 0 spiro atoms. The summed E-state index contributed by atoms with van der Waals surface area (Å²) in [5.74, 6) is -0.786. The molecule has 0 bridgehead atoms. The third kappa shape index (κ3) is 8.82. The normalized spacial score (nSPS) is 12.1. The maximum Gasteiger partial charge on any atom is 0.264 e. The zero-order chi connectivity index (χ0) is 33.4. The first-order chi connectivity index (χ1) is 21.9. The summed E-state index contributed by atoms with van der Waals surface area (Å²) in [5.41, 5.74) is 2.19. The minimum Gasteiger partial charge on any atom is -0.354 e. The number of benzene rings is 4. The first-order valence-corrected chi connectivity index (χ1v) is 17.3. The molecule has 0 heterocycles. The first kappa shape index (κ1) is 35.3. The summed E-state index contributed by atoms with van der Waals surface area (Å²) in [6, 6.07) is 26.1. The van der Waals surface area contributed by atoms with Crippen LogP contribution in [0.1, 0.15) is 30.5 Å². The molecule has 0 aromatic heterocycles. The van der Waals surface area contributed by atoms with Crippen LogP contribution in [0.2, 0.25) is 15.1 Å².